The number of nitrogens with zero attached hydrogens (tertiary/aromatic N) is 1. The molecule has 1 aliphatic rings. The van der Waals surface area contributed by atoms with E-state index in [1.165, 1.54) is 25.4 Å². The molecule has 0 amide bonds. The fourth-order valence-electron chi connectivity index (χ4n) is 2.40. The van der Waals surface area contributed by atoms with E-state index in [1.807, 2.05) is 11.8 Å². The second-order valence-electron chi connectivity index (χ2n) is 5.60. The molecule has 0 radical (unpaired) electrons. The number of carbonyl (C=O) groups is 2. The fourth-order valence-corrected chi connectivity index (χ4v) is 4.65. The number of rotatable bonds is 3. The van der Waals surface area contributed by atoms with Gasteiger partial charge < -0.3 is 15.4 Å². The third-order valence-corrected chi connectivity index (χ3v) is 6.01. The molecule has 116 valence electrons. The van der Waals surface area contributed by atoms with Crippen LogP contribution in [-0.4, -0.2) is 42.5 Å². The van der Waals surface area contributed by atoms with Crippen LogP contribution in [0.3, 0.4) is 0 Å². The van der Waals surface area contributed by atoms with E-state index < -0.39 is 5.97 Å². The summed E-state index contributed by atoms with van der Waals surface area (Å²) in [6.45, 7) is 7.44. The lowest BCUT2D eigenvalue weighted by Gasteiger charge is -2.38. The van der Waals surface area contributed by atoms with Crippen LogP contribution in [0.15, 0.2) is 0 Å². The van der Waals surface area contributed by atoms with E-state index in [0.717, 1.165) is 23.8 Å². The van der Waals surface area contributed by atoms with Crippen molar-refractivity contribution in [3.63, 3.8) is 0 Å². The Morgan fingerprint density at radius 1 is 1.38 bits per heavy atom. The van der Waals surface area contributed by atoms with Crippen molar-refractivity contribution in [2.24, 2.45) is 0 Å². The molecule has 2 heterocycles. The van der Waals surface area contributed by atoms with E-state index in [-0.39, 0.29) is 16.2 Å². The van der Waals surface area contributed by atoms with Crippen molar-refractivity contribution in [2.75, 3.05) is 36.6 Å². The van der Waals surface area contributed by atoms with Gasteiger partial charge in [-0.15, -0.1) is 11.3 Å². The van der Waals surface area contributed by atoms with Gasteiger partial charge >= 0.3 is 5.97 Å². The molecular formula is C14H20N2O3S2. The lowest BCUT2D eigenvalue weighted by atomic mass is 10.1. The van der Waals surface area contributed by atoms with Crippen molar-refractivity contribution >= 4 is 45.5 Å². The quantitative estimate of drug-likeness (QED) is 0.679. The first-order valence-corrected chi connectivity index (χ1v) is 8.47. The van der Waals surface area contributed by atoms with Crippen LogP contribution in [0.1, 0.15) is 40.8 Å². The van der Waals surface area contributed by atoms with Gasteiger partial charge in [0.15, 0.2) is 5.78 Å². The van der Waals surface area contributed by atoms with E-state index in [1.54, 1.807) is 0 Å². The molecule has 7 heteroatoms. The number of nitrogens with two attached hydrogens (primary N) is 1. The normalized spacial score (nSPS) is 17.6. The van der Waals surface area contributed by atoms with Crippen LogP contribution >= 0.6 is 23.1 Å². The average Bonchev–Trinajstić information content (AvgIpc) is 2.74. The summed E-state index contributed by atoms with van der Waals surface area (Å²) in [6.07, 6.45) is 0. The first kappa shape index (κ1) is 16.2. The number of carbonyl (C=O) groups excluding carboxylic acids is 2. The number of ketones is 1. The first-order valence-electron chi connectivity index (χ1n) is 6.67. The molecule has 0 unspecified atom stereocenters. The minimum absolute atomic E-state index is 0.0980. The van der Waals surface area contributed by atoms with Gasteiger partial charge in [-0.25, -0.2) is 4.79 Å². The largest absolute Gasteiger partial charge is 0.465 e. The summed E-state index contributed by atoms with van der Waals surface area (Å²) in [7, 11) is 1.33. The Hall–Kier alpha value is -1.21. The SMILES string of the molecule is COC(=O)c1c(N2CCSC(C)(C)C2)sc(C(C)=O)c1N. The predicted octanol–water partition coefficient (Wildman–Crippen LogP) is 2.65. The molecule has 21 heavy (non-hydrogen) atoms. The molecule has 1 aromatic rings. The number of thioether (sulfide) groups is 1. The van der Waals surface area contributed by atoms with Gasteiger partial charge in [0.2, 0.25) is 0 Å². The van der Waals surface area contributed by atoms with Crippen molar-refractivity contribution in [2.45, 2.75) is 25.5 Å². The summed E-state index contributed by atoms with van der Waals surface area (Å²) in [5.41, 5.74) is 6.58. The number of hydrogen-bond acceptors (Lipinski definition) is 7. The number of methoxy groups -OCH3 is 1. The van der Waals surface area contributed by atoms with Gasteiger partial charge in [-0.1, -0.05) is 0 Å². The zero-order valence-corrected chi connectivity index (χ0v) is 14.3. The van der Waals surface area contributed by atoms with Crippen molar-refractivity contribution in [3.05, 3.63) is 10.4 Å². The molecule has 0 spiro atoms. The monoisotopic (exact) mass is 328 g/mol. The molecule has 1 aromatic heterocycles. The van der Waals surface area contributed by atoms with Gasteiger partial charge in [0.1, 0.15) is 10.6 Å². The lowest BCUT2D eigenvalue weighted by Crippen LogP contribution is -2.43. The van der Waals surface area contributed by atoms with Gasteiger partial charge in [0, 0.05) is 30.5 Å². The van der Waals surface area contributed by atoms with E-state index in [9.17, 15) is 9.59 Å². The zero-order chi connectivity index (χ0) is 15.8. The number of ether oxygens (including phenoxy) is 1. The molecule has 1 fully saturated rings. The number of Topliss-reactive ketones (excluding diaryl/α,β-unsaturated/α-hetero) is 1. The summed E-state index contributed by atoms with van der Waals surface area (Å²) < 4.78 is 4.94. The van der Waals surface area contributed by atoms with E-state index in [4.69, 9.17) is 10.5 Å². The molecule has 0 aromatic carbocycles. The highest BCUT2D eigenvalue weighted by molar-refractivity contribution is 8.00. The summed E-state index contributed by atoms with van der Waals surface area (Å²) in [5, 5.41) is 0.748. The summed E-state index contributed by atoms with van der Waals surface area (Å²) in [5.74, 6) is 0.364. The smallest absolute Gasteiger partial charge is 0.343 e. The molecule has 0 aliphatic carbocycles. The van der Waals surface area contributed by atoms with Crippen molar-refractivity contribution in [3.8, 4) is 0 Å². The van der Waals surface area contributed by atoms with E-state index in [2.05, 4.69) is 18.7 Å². The maximum Gasteiger partial charge on any atom is 0.343 e. The van der Waals surface area contributed by atoms with Crippen LogP contribution in [0.5, 0.6) is 0 Å². The molecule has 1 aliphatic heterocycles. The Kier molecular flexibility index (Phi) is 4.53. The summed E-state index contributed by atoms with van der Waals surface area (Å²) >= 11 is 3.19. The highest BCUT2D eigenvalue weighted by Gasteiger charge is 2.33. The second kappa shape index (κ2) is 5.88. The molecule has 2 N–H and O–H groups in total. The number of hydrogen-bond donors (Lipinski definition) is 1. The molecule has 0 bridgehead atoms. The third kappa shape index (κ3) is 3.18. The Bertz CT molecular complexity index is 581. The summed E-state index contributed by atoms with van der Waals surface area (Å²) in [4.78, 5) is 26.3. The standard InChI is InChI=1S/C14H20N2O3S2/c1-8(17)11-10(15)9(13(18)19-4)12(21-11)16-5-6-20-14(2,3)7-16/h5-7,15H2,1-4H3. The van der Waals surface area contributed by atoms with E-state index >= 15 is 0 Å². The third-order valence-electron chi connectivity index (χ3n) is 3.35. The van der Waals surface area contributed by atoms with Crippen LogP contribution in [0.25, 0.3) is 0 Å². The molecule has 0 saturated carbocycles. The molecule has 1 saturated heterocycles. The van der Waals surface area contributed by atoms with Gasteiger partial charge in [-0.3, -0.25) is 4.79 Å². The average molecular weight is 328 g/mol. The van der Waals surface area contributed by atoms with E-state index in [0.29, 0.717) is 10.4 Å². The van der Waals surface area contributed by atoms with Crippen LogP contribution in [0.2, 0.25) is 0 Å². The predicted molar refractivity (Wildman–Crippen MR) is 88.8 cm³/mol. The second-order valence-corrected chi connectivity index (χ2v) is 8.40. The van der Waals surface area contributed by atoms with Crippen LogP contribution in [0.4, 0.5) is 10.7 Å². The minimum atomic E-state index is -0.484. The minimum Gasteiger partial charge on any atom is -0.465 e. The Labute approximate surface area is 132 Å². The van der Waals surface area contributed by atoms with Gasteiger partial charge in [-0.2, -0.15) is 11.8 Å². The maximum atomic E-state index is 12.1. The molecule has 2 rings (SSSR count). The zero-order valence-electron chi connectivity index (χ0n) is 12.7. The van der Waals surface area contributed by atoms with Crippen molar-refractivity contribution in [1.29, 1.82) is 0 Å². The maximum absolute atomic E-state index is 12.1. The van der Waals surface area contributed by atoms with Gasteiger partial charge in [0.25, 0.3) is 0 Å². The van der Waals surface area contributed by atoms with Gasteiger partial charge in [-0.05, 0) is 13.8 Å². The Morgan fingerprint density at radius 2 is 2.05 bits per heavy atom. The van der Waals surface area contributed by atoms with Crippen LogP contribution in [-0.2, 0) is 4.74 Å². The Morgan fingerprint density at radius 3 is 2.57 bits per heavy atom. The summed E-state index contributed by atoms with van der Waals surface area (Å²) in [6, 6.07) is 0. The van der Waals surface area contributed by atoms with Crippen LogP contribution < -0.4 is 10.6 Å². The number of esters is 1. The number of thiophene rings is 1. The Balaban J connectivity index is 2.49. The highest BCUT2D eigenvalue weighted by Crippen LogP contribution is 2.42. The molecule has 0 atom stereocenters. The molecule has 5 nitrogen and oxygen atoms in total. The topological polar surface area (TPSA) is 72.6 Å². The highest BCUT2D eigenvalue weighted by atomic mass is 32.2. The number of nitrogen functional groups attached to an aromatic ring is 1. The van der Waals surface area contributed by atoms with Gasteiger partial charge in [0.05, 0.1) is 17.7 Å². The molecular weight excluding hydrogens is 308 g/mol. The van der Waals surface area contributed by atoms with Crippen molar-refractivity contribution < 1.29 is 14.3 Å². The van der Waals surface area contributed by atoms with Crippen LogP contribution in [0, 0.1) is 0 Å². The fraction of sp³-hybridized carbons (Fsp3) is 0.571. The number of anilines is 2. The van der Waals surface area contributed by atoms with Crippen molar-refractivity contribution in [1.82, 2.24) is 0 Å². The first-order chi connectivity index (χ1) is 9.76. The lowest BCUT2D eigenvalue weighted by molar-refractivity contribution is 0.0603.